The van der Waals surface area contributed by atoms with Gasteiger partial charge in [-0.3, -0.25) is 0 Å². The molecule has 0 radical (unpaired) electrons. The molecule has 1 aliphatic carbocycles. The molecule has 0 heterocycles. The molecule has 0 amide bonds. The van der Waals surface area contributed by atoms with E-state index in [2.05, 4.69) is 45.9 Å². The first kappa shape index (κ1) is 15.8. The van der Waals surface area contributed by atoms with Crippen molar-refractivity contribution in [3.8, 4) is 6.07 Å². The van der Waals surface area contributed by atoms with E-state index in [1.807, 2.05) is 19.9 Å². The van der Waals surface area contributed by atoms with Crippen molar-refractivity contribution >= 4 is 0 Å². The maximum atomic E-state index is 9.07. The molecule has 1 aliphatic rings. The zero-order valence-corrected chi connectivity index (χ0v) is 13.2. The van der Waals surface area contributed by atoms with Crippen molar-refractivity contribution in [1.29, 1.82) is 5.26 Å². The highest BCUT2D eigenvalue weighted by molar-refractivity contribution is 5.46. The van der Waals surface area contributed by atoms with Crippen LogP contribution in [0.1, 0.15) is 64.7 Å². The minimum Gasteiger partial charge on any atom is -0.192 e. The van der Waals surface area contributed by atoms with Gasteiger partial charge in [0.05, 0.1) is 11.6 Å². The van der Waals surface area contributed by atoms with Gasteiger partial charge in [-0.25, -0.2) is 0 Å². The number of nitriles is 1. The van der Waals surface area contributed by atoms with Crippen molar-refractivity contribution in [2.75, 3.05) is 0 Å². The topological polar surface area (TPSA) is 23.8 Å². The zero-order chi connectivity index (χ0) is 14.6. The Kier molecular flexibility index (Phi) is 5.18. The van der Waals surface area contributed by atoms with Crippen LogP contribution < -0.4 is 0 Å². The smallest absolute Gasteiger partial charge is 0.0991 e. The summed E-state index contributed by atoms with van der Waals surface area (Å²) in [5.41, 5.74) is 3.95. The third kappa shape index (κ3) is 2.54. The average Bonchev–Trinajstić information content (AvgIpc) is 2.80. The van der Waals surface area contributed by atoms with Gasteiger partial charge in [0.25, 0.3) is 0 Å². The van der Waals surface area contributed by atoms with Crippen molar-refractivity contribution in [3.05, 3.63) is 34.9 Å². The van der Waals surface area contributed by atoms with Gasteiger partial charge in [-0.2, -0.15) is 5.26 Å². The van der Waals surface area contributed by atoms with E-state index in [1.54, 1.807) is 0 Å². The summed E-state index contributed by atoms with van der Waals surface area (Å²) in [6, 6.07) is 8.51. The Balaban J connectivity index is 0.000000861. The van der Waals surface area contributed by atoms with Crippen molar-refractivity contribution in [1.82, 2.24) is 0 Å². The molecule has 0 bridgehead atoms. The van der Waals surface area contributed by atoms with E-state index < -0.39 is 0 Å². The molecule has 19 heavy (non-hydrogen) atoms. The fourth-order valence-electron chi connectivity index (χ4n) is 3.64. The zero-order valence-electron chi connectivity index (χ0n) is 13.2. The number of benzene rings is 1. The van der Waals surface area contributed by atoms with Crippen molar-refractivity contribution in [2.45, 2.75) is 59.8 Å². The van der Waals surface area contributed by atoms with Crippen LogP contribution in [0.15, 0.2) is 18.2 Å². The third-order valence-corrected chi connectivity index (χ3v) is 4.61. The Bertz CT molecular complexity index is 455. The van der Waals surface area contributed by atoms with E-state index in [9.17, 15) is 0 Å². The summed E-state index contributed by atoms with van der Waals surface area (Å²) >= 11 is 0. The predicted octanol–water partition coefficient (Wildman–Crippen LogP) is 5.08. The van der Waals surface area contributed by atoms with Gasteiger partial charge in [0, 0.05) is 5.41 Å². The first-order valence-corrected chi connectivity index (χ1v) is 7.56. The largest absolute Gasteiger partial charge is 0.192 e. The molecule has 0 saturated carbocycles. The van der Waals surface area contributed by atoms with Gasteiger partial charge in [-0.05, 0) is 47.9 Å². The van der Waals surface area contributed by atoms with Gasteiger partial charge in [0.15, 0.2) is 0 Å². The standard InChI is InChI=1S/C16H21N.C2H6/c1-11(2)16(12(3)4)8-7-14-6-5-13(10-17)9-15(14)16;1-2/h5-6,9,11-12H,7-8H2,1-4H3;1-2H3. The molecule has 1 aromatic carbocycles. The van der Waals surface area contributed by atoms with Crippen LogP contribution in [0.5, 0.6) is 0 Å². The molecule has 0 unspecified atom stereocenters. The summed E-state index contributed by atoms with van der Waals surface area (Å²) in [4.78, 5) is 0. The van der Waals surface area contributed by atoms with Crippen molar-refractivity contribution in [2.24, 2.45) is 11.8 Å². The van der Waals surface area contributed by atoms with Crippen molar-refractivity contribution in [3.63, 3.8) is 0 Å². The predicted molar refractivity (Wildman–Crippen MR) is 82.2 cm³/mol. The average molecular weight is 257 g/mol. The molecule has 0 saturated heterocycles. The number of hydrogen-bond acceptors (Lipinski definition) is 1. The van der Waals surface area contributed by atoms with Crippen molar-refractivity contribution < 1.29 is 0 Å². The molecule has 0 fully saturated rings. The summed E-state index contributed by atoms with van der Waals surface area (Å²) in [5.74, 6) is 1.25. The number of hydrogen-bond donors (Lipinski definition) is 0. The first-order chi connectivity index (χ1) is 9.02. The van der Waals surface area contributed by atoms with Gasteiger partial charge >= 0.3 is 0 Å². The molecule has 2 rings (SSSR count). The molecule has 0 aromatic heterocycles. The molecule has 0 N–H and O–H groups in total. The van der Waals surface area contributed by atoms with Gasteiger partial charge in [-0.1, -0.05) is 47.6 Å². The Morgan fingerprint density at radius 2 is 1.68 bits per heavy atom. The van der Waals surface area contributed by atoms with Crippen LogP contribution in [-0.4, -0.2) is 0 Å². The molecular weight excluding hydrogens is 230 g/mol. The Labute approximate surface area is 118 Å². The summed E-state index contributed by atoms with van der Waals surface area (Å²) in [5, 5.41) is 9.07. The lowest BCUT2D eigenvalue weighted by Crippen LogP contribution is -2.35. The van der Waals surface area contributed by atoms with E-state index in [0.29, 0.717) is 11.8 Å². The van der Waals surface area contributed by atoms with Crippen LogP contribution in [0.3, 0.4) is 0 Å². The highest BCUT2D eigenvalue weighted by Crippen LogP contribution is 2.49. The lowest BCUT2D eigenvalue weighted by Gasteiger charge is -2.39. The molecule has 0 spiro atoms. The summed E-state index contributed by atoms with van der Waals surface area (Å²) in [6.45, 7) is 13.3. The normalized spacial score (nSPS) is 15.7. The molecule has 104 valence electrons. The maximum Gasteiger partial charge on any atom is 0.0991 e. The monoisotopic (exact) mass is 257 g/mol. The van der Waals surface area contributed by atoms with Crippen LogP contribution in [0.2, 0.25) is 0 Å². The molecule has 0 aliphatic heterocycles. The van der Waals surface area contributed by atoms with E-state index in [4.69, 9.17) is 5.26 Å². The van der Waals surface area contributed by atoms with E-state index in [1.165, 1.54) is 17.5 Å². The Hall–Kier alpha value is -1.29. The van der Waals surface area contributed by atoms with Gasteiger partial charge in [-0.15, -0.1) is 0 Å². The summed E-state index contributed by atoms with van der Waals surface area (Å²) in [6.07, 6.45) is 2.39. The van der Waals surface area contributed by atoms with Crippen LogP contribution in [0.4, 0.5) is 0 Å². The number of rotatable bonds is 2. The Morgan fingerprint density at radius 1 is 1.11 bits per heavy atom. The molecule has 1 heteroatoms. The summed E-state index contributed by atoms with van der Waals surface area (Å²) < 4.78 is 0. The Morgan fingerprint density at radius 3 is 2.16 bits per heavy atom. The molecule has 1 aromatic rings. The van der Waals surface area contributed by atoms with Gasteiger partial charge < -0.3 is 0 Å². The fourth-order valence-corrected chi connectivity index (χ4v) is 3.64. The SMILES string of the molecule is CC.CC(C)C1(C(C)C)CCc2ccc(C#N)cc21. The second kappa shape index (κ2) is 6.24. The molecular formula is C18H27N. The van der Waals surface area contributed by atoms with Gasteiger partial charge in [0.1, 0.15) is 0 Å². The third-order valence-electron chi connectivity index (χ3n) is 4.61. The second-order valence-corrected chi connectivity index (χ2v) is 5.83. The van der Waals surface area contributed by atoms with E-state index in [-0.39, 0.29) is 5.41 Å². The second-order valence-electron chi connectivity index (χ2n) is 5.83. The number of fused-ring (bicyclic) bond motifs is 1. The number of aryl methyl sites for hydroxylation is 1. The molecule has 0 atom stereocenters. The lowest BCUT2D eigenvalue weighted by atomic mass is 9.65. The maximum absolute atomic E-state index is 9.07. The van der Waals surface area contributed by atoms with E-state index in [0.717, 1.165) is 12.0 Å². The quantitative estimate of drug-likeness (QED) is 0.724. The highest BCUT2D eigenvalue weighted by atomic mass is 14.5. The number of nitrogens with zero attached hydrogens (tertiary/aromatic N) is 1. The minimum absolute atomic E-state index is 0.266. The summed E-state index contributed by atoms with van der Waals surface area (Å²) in [7, 11) is 0. The van der Waals surface area contributed by atoms with Crippen LogP contribution in [-0.2, 0) is 11.8 Å². The highest BCUT2D eigenvalue weighted by Gasteiger charge is 2.43. The lowest BCUT2D eigenvalue weighted by molar-refractivity contribution is 0.218. The fraction of sp³-hybridized carbons (Fsp3) is 0.611. The van der Waals surface area contributed by atoms with Crippen LogP contribution in [0.25, 0.3) is 0 Å². The first-order valence-electron chi connectivity index (χ1n) is 7.56. The minimum atomic E-state index is 0.266. The van der Waals surface area contributed by atoms with Crippen LogP contribution in [0, 0.1) is 23.2 Å². The molecule has 1 nitrogen and oxygen atoms in total. The van der Waals surface area contributed by atoms with Crippen LogP contribution >= 0.6 is 0 Å². The van der Waals surface area contributed by atoms with Gasteiger partial charge in [0.2, 0.25) is 0 Å². The van der Waals surface area contributed by atoms with E-state index >= 15 is 0 Å².